The van der Waals surface area contributed by atoms with Gasteiger partial charge in [-0.1, -0.05) is 6.07 Å². The van der Waals surface area contributed by atoms with Gasteiger partial charge >= 0.3 is 6.03 Å². The molecule has 5 nitrogen and oxygen atoms in total. The van der Waals surface area contributed by atoms with Gasteiger partial charge in [0.1, 0.15) is 5.82 Å². The molecule has 2 amide bonds. The van der Waals surface area contributed by atoms with Gasteiger partial charge in [-0.2, -0.15) is 5.26 Å². The predicted octanol–water partition coefficient (Wildman–Crippen LogP) is 1.20. The van der Waals surface area contributed by atoms with Gasteiger partial charge in [0.15, 0.2) is 0 Å². The molecule has 1 saturated heterocycles. The fourth-order valence-corrected chi connectivity index (χ4v) is 1.90. The highest BCUT2D eigenvalue weighted by atomic mass is 19.1. The number of nitrogens with two attached hydrogens (primary N) is 1. The van der Waals surface area contributed by atoms with E-state index in [1.807, 2.05) is 6.07 Å². The molecule has 0 radical (unpaired) electrons. The zero-order chi connectivity index (χ0) is 13.1. The van der Waals surface area contributed by atoms with E-state index in [9.17, 15) is 9.18 Å². The molecule has 0 spiro atoms. The molecule has 1 heterocycles. The van der Waals surface area contributed by atoms with Crippen LogP contribution in [-0.2, 0) is 6.54 Å². The summed E-state index contributed by atoms with van der Waals surface area (Å²) in [5.74, 6) is 5.04. The van der Waals surface area contributed by atoms with Gasteiger partial charge in [0.25, 0.3) is 0 Å². The molecule has 6 heteroatoms. The van der Waals surface area contributed by atoms with Crippen LogP contribution in [-0.4, -0.2) is 29.0 Å². The molecular formula is C12H13FN4O. The normalized spacial score (nSPS) is 15.7. The minimum absolute atomic E-state index is 0.171. The summed E-state index contributed by atoms with van der Waals surface area (Å²) in [7, 11) is 0. The molecule has 1 aromatic rings. The highest BCUT2D eigenvalue weighted by molar-refractivity contribution is 5.74. The van der Waals surface area contributed by atoms with Crippen molar-refractivity contribution in [2.45, 2.75) is 13.0 Å². The van der Waals surface area contributed by atoms with Crippen LogP contribution >= 0.6 is 0 Å². The van der Waals surface area contributed by atoms with Crippen LogP contribution in [0, 0.1) is 17.1 Å². The molecule has 0 atom stereocenters. The smallest absolute Gasteiger partial charge is 0.319 e. The number of hydrogen-bond donors (Lipinski definition) is 1. The van der Waals surface area contributed by atoms with Crippen molar-refractivity contribution in [1.82, 2.24) is 9.91 Å². The largest absolute Gasteiger partial charge is 0.334 e. The zero-order valence-electron chi connectivity index (χ0n) is 9.77. The maximum absolute atomic E-state index is 13.7. The zero-order valence-corrected chi connectivity index (χ0v) is 9.77. The monoisotopic (exact) mass is 248 g/mol. The molecule has 0 saturated carbocycles. The molecule has 0 bridgehead atoms. The first-order valence-electron chi connectivity index (χ1n) is 5.61. The number of urea groups is 1. The van der Waals surface area contributed by atoms with Crippen LogP contribution in [0.4, 0.5) is 9.18 Å². The van der Waals surface area contributed by atoms with Crippen LogP contribution in [0.1, 0.15) is 17.5 Å². The maximum atomic E-state index is 13.7. The second kappa shape index (κ2) is 5.02. The van der Waals surface area contributed by atoms with E-state index >= 15 is 0 Å². The Hall–Kier alpha value is -2.13. The summed E-state index contributed by atoms with van der Waals surface area (Å²) in [5, 5.41) is 9.78. The molecule has 1 aliphatic rings. The molecule has 0 aliphatic carbocycles. The number of carbonyl (C=O) groups excluding carboxylic acids is 1. The van der Waals surface area contributed by atoms with Gasteiger partial charge in [-0.05, 0) is 18.6 Å². The van der Waals surface area contributed by atoms with Gasteiger partial charge in [0, 0.05) is 18.7 Å². The van der Waals surface area contributed by atoms with Crippen molar-refractivity contribution in [2.75, 3.05) is 13.1 Å². The summed E-state index contributed by atoms with van der Waals surface area (Å²) in [6, 6.07) is 5.79. The Morgan fingerprint density at radius 2 is 2.22 bits per heavy atom. The quantitative estimate of drug-likeness (QED) is 0.631. The Labute approximate surface area is 104 Å². The number of nitriles is 1. The van der Waals surface area contributed by atoms with E-state index in [1.165, 1.54) is 23.1 Å². The van der Waals surface area contributed by atoms with Gasteiger partial charge in [-0.15, -0.1) is 0 Å². The number of hydrogen-bond acceptors (Lipinski definition) is 3. The first-order chi connectivity index (χ1) is 8.61. The summed E-state index contributed by atoms with van der Waals surface area (Å²) in [6.07, 6.45) is 0.764. The second-order valence-electron chi connectivity index (χ2n) is 4.17. The Morgan fingerprint density at radius 1 is 1.44 bits per heavy atom. The lowest BCUT2D eigenvalue weighted by atomic mass is 10.1. The summed E-state index contributed by atoms with van der Waals surface area (Å²) in [6.45, 7) is 1.25. The molecule has 1 aromatic carbocycles. The first kappa shape index (κ1) is 12.3. The Bertz CT molecular complexity index is 511. The lowest BCUT2D eigenvalue weighted by Gasteiger charge is -2.32. The molecule has 0 aromatic heterocycles. The Kier molecular flexibility index (Phi) is 3.44. The molecule has 0 unspecified atom stereocenters. The van der Waals surface area contributed by atoms with E-state index in [1.54, 1.807) is 0 Å². The fourth-order valence-electron chi connectivity index (χ4n) is 1.90. The van der Waals surface area contributed by atoms with Gasteiger partial charge in [-0.25, -0.2) is 15.0 Å². The molecule has 94 valence electrons. The van der Waals surface area contributed by atoms with Gasteiger partial charge < -0.3 is 4.90 Å². The minimum atomic E-state index is -0.476. The van der Waals surface area contributed by atoms with E-state index in [0.717, 1.165) is 11.4 Å². The molecule has 1 aliphatic heterocycles. The van der Waals surface area contributed by atoms with Crippen molar-refractivity contribution in [3.05, 3.63) is 35.1 Å². The van der Waals surface area contributed by atoms with Crippen LogP contribution in [0.25, 0.3) is 0 Å². The summed E-state index contributed by atoms with van der Waals surface area (Å²) in [4.78, 5) is 13.2. The summed E-state index contributed by atoms with van der Waals surface area (Å²) >= 11 is 0. The van der Waals surface area contributed by atoms with Crippen molar-refractivity contribution >= 4 is 6.03 Å². The number of rotatable bonds is 2. The number of benzene rings is 1. The number of nitrogens with zero attached hydrogens (tertiary/aromatic N) is 3. The SMILES string of the molecule is N#Cc1ccc(CN2CCCN(N)C2=O)c(F)c1. The van der Waals surface area contributed by atoms with Gasteiger partial charge in [-0.3, -0.25) is 5.01 Å². The molecule has 1 fully saturated rings. The first-order valence-corrected chi connectivity index (χ1v) is 5.61. The highest BCUT2D eigenvalue weighted by Crippen LogP contribution is 2.15. The standard InChI is InChI=1S/C12H13FN4O/c13-11-6-9(7-14)2-3-10(11)8-16-4-1-5-17(15)12(16)18/h2-3,6H,1,4-5,8,15H2. The van der Waals surface area contributed by atoms with E-state index in [4.69, 9.17) is 11.1 Å². The number of hydrazine groups is 1. The Morgan fingerprint density at radius 3 is 2.89 bits per heavy atom. The fraction of sp³-hybridized carbons (Fsp3) is 0.333. The van der Waals surface area contributed by atoms with E-state index in [-0.39, 0.29) is 18.1 Å². The van der Waals surface area contributed by atoms with Gasteiger partial charge in [0.2, 0.25) is 0 Å². The van der Waals surface area contributed by atoms with Crippen LogP contribution in [0.3, 0.4) is 0 Å². The summed E-state index contributed by atoms with van der Waals surface area (Å²) in [5.41, 5.74) is 0.652. The molecular weight excluding hydrogens is 235 g/mol. The molecule has 18 heavy (non-hydrogen) atoms. The lowest BCUT2D eigenvalue weighted by Crippen LogP contribution is -2.52. The minimum Gasteiger partial charge on any atom is -0.319 e. The van der Waals surface area contributed by atoms with Crippen molar-refractivity contribution in [1.29, 1.82) is 5.26 Å². The van der Waals surface area contributed by atoms with E-state index in [0.29, 0.717) is 18.7 Å². The summed E-state index contributed by atoms with van der Waals surface area (Å²) < 4.78 is 13.7. The van der Waals surface area contributed by atoms with E-state index < -0.39 is 5.82 Å². The van der Waals surface area contributed by atoms with E-state index in [2.05, 4.69) is 0 Å². The third-order valence-corrected chi connectivity index (χ3v) is 2.89. The van der Waals surface area contributed by atoms with Crippen molar-refractivity contribution in [3.63, 3.8) is 0 Å². The third kappa shape index (κ3) is 2.41. The van der Waals surface area contributed by atoms with Crippen LogP contribution in [0.5, 0.6) is 0 Å². The van der Waals surface area contributed by atoms with Crippen LogP contribution in [0.15, 0.2) is 18.2 Å². The third-order valence-electron chi connectivity index (χ3n) is 2.89. The Balaban J connectivity index is 2.14. The molecule has 2 rings (SSSR count). The van der Waals surface area contributed by atoms with Gasteiger partial charge in [0.05, 0.1) is 18.2 Å². The molecule has 2 N–H and O–H groups in total. The average molecular weight is 248 g/mol. The number of carbonyl (C=O) groups is 1. The average Bonchev–Trinajstić information content (AvgIpc) is 2.37. The van der Waals surface area contributed by atoms with Crippen molar-refractivity contribution in [2.24, 2.45) is 5.84 Å². The van der Waals surface area contributed by atoms with Crippen LogP contribution < -0.4 is 5.84 Å². The van der Waals surface area contributed by atoms with Crippen LogP contribution in [0.2, 0.25) is 0 Å². The second-order valence-corrected chi connectivity index (χ2v) is 4.17. The lowest BCUT2D eigenvalue weighted by molar-refractivity contribution is 0.126. The number of halogens is 1. The highest BCUT2D eigenvalue weighted by Gasteiger charge is 2.24. The topological polar surface area (TPSA) is 73.4 Å². The van der Waals surface area contributed by atoms with Crippen molar-refractivity contribution < 1.29 is 9.18 Å². The maximum Gasteiger partial charge on any atom is 0.334 e. The van der Waals surface area contributed by atoms with Crippen molar-refractivity contribution in [3.8, 4) is 6.07 Å². The number of amides is 2. The predicted molar refractivity (Wildman–Crippen MR) is 62.4 cm³/mol.